The molecule has 0 radical (unpaired) electrons. The third kappa shape index (κ3) is 2.56. The summed E-state index contributed by atoms with van der Waals surface area (Å²) in [5.74, 6) is 0.587. The molecule has 1 aromatic carbocycles. The van der Waals surface area contributed by atoms with Crippen LogP contribution in [0.1, 0.15) is 29.9 Å². The molecule has 0 aromatic heterocycles. The van der Waals surface area contributed by atoms with Crippen LogP contribution in [-0.2, 0) is 15.8 Å². The highest BCUT2D eigenvalue weighted by molar-refractivity contribution is 7.88. The Kier molecular flexibility index (Phi) is 2.33. The van der Waals surface area contributed by atoms with Gasteiger partial charge >= 0.3 is 0 Å². The number of benzene rings is 1. The van der Waals surface area contributed by atoms with E-state index in [2.05, 4.69) is 0 Å². The number of hydrogen-bond acceptors (Lipinski definition) is 2. The van der Waals surface area contributed by atoms with Gasteiger partial charge in [0, 0.05) is 0 Å². The van der Waals surface area contributed by atoms with Crippen LogP contribution in [0.3, 0.4) is 0 Å². The van der Waals surface area contributed by atoms with Crippen molar-refractivity contribution in [2.75, 3.05) is 0 Å². The van der Waals surface area contributed by atoms with Crippen LogP contribution in [0, 0.1) is 0 Å². The van der Waals surface area contributed by atoms with Crippen molar-refractivity contribution in [3.05, 3.63) is 35.4 Å². The first-order chi connectivity index (χ1) is 6.54. The van der Waals surface area contributed by atoms with Gasteiger partial charge in [-0.05, 0) is 29.9 Å². The Balaban J connectivity index is 2.21. The highest BCUT2D eigenvalue weighted by Gasteiger charge is 2.23. The predicted octanol–water partition coefficient (Wildman–Crippen LogP) is 1.35. The van der Waals surface area contributed by atoms with E-state index in [-0.39, 0.29) is 5.75 Å². The first-order valence-corrected chi connectivity index (χ1v) is 6.35. The minimum absolute atomic E-state index is 0.0619. The number of hydrogen-bond donors (Lipinski definition) is 1. The van der Waals surface area contributed by atoms with Crippen molar-refractivity contribution in [2.24, 2.45) is 5.14 Å². The van der Waals surface area contributed by atoms with Crippen molar-refractivity contribution in [2.45, 2.75) is 24.5 Å². The summed E-state index contributed by atoms with van der Waals surface area (Å²) in [6.07, 6.45) is 2.44. The van der Waals surface area contributed by atoms with Gasteiger partial charge in [-0.25, -0.2) is 13.6 Å². The lowest BCUT2D eigenvalue weighted by Gasteiger charge is -2.02. The van der Waals surface area contributed by atoms with E-state index in [1.54, 1.807) is 6.07 Å². The molecule has 0 spiro atoms. The zero-order chi connectivity index (χ0) is 10.2. The Labute approximate surface area is 84.0 Å². The van der Waals surface area contributed by atoms with Crippen LogP contribution < -0.4 is 5.14 Å². The summed E-state index contributed by atoms with van der Waals surface area (Å²) in [6.45, 7) is 0. The van der Waals surface area contributed by atoms with E-state index in [1.807, 2.05) is 18.2 Å². The molecular formula is C10H13NO2S. The Hall–Kier alpha value is -0.870. The SMILES string of the molecule is NS(=O)(=O)Cc1cccc(C2CC2)c1. The van der Waals surface area contributed by atoms with Crippen LogP contribution >= 0.6 is 0 Å². The molecule has 0 unspecified atom stereocenters. The van der Waals surface area contributed by atoms with Crippen LogP contribution in [0.15, 0.2) is 24.3 Å². The van der Waals surface area contributed by atoms with Crippen molar-refractivity contribution in [3.8, 4) is 0 Å². The summed E-state index contributed by atoms with van der Waals surface area (Å²) in [5, 5.41) is 4.98. The van der Waals surface area contributed by atoms with Crippen molar-refractivity contribution in [1.29, 1.82) is 0 Å². The van der Waals surface area contributed by atoms with Crippen molar-refractivity contribution >= 4 is 10.0 Å². The molecule has 0 atom stereocenters. The molecule has 76 valence electrons. The summed E-state index contributed by atoms with van der Waals surface area (Å²) >= 11 is 0. The first-order valence-electron chi connectivity index (χ1n) is 4.64. The molecule has 3 nitrogen and oxygen atoms in total. The van der Waals surface area contributed by atoms with Gasteiger partial charge in [-0.2, -0.15) is 0 Å². The van der Waals surface area contributed by atoms with Crippen molar-refractivity contribution in [3.63, 3.8) is 0 Å². The molecule has 1 fully saturated rings. The summed E-state index contributed by atoms with van der Waals surface area (Å²) in [5.41, 5.74) is 2.03. The Morgan fingerprint density at radius 1 is 1.36 bits per heavy atom. The molecule has 0 amide bonds. The maximum atomic E-state index is 10.9. The fraction of sp³-hybridized carbons (Fsp3) is 0.400. The third-order valence-electron chi connectivity index (χ3n) is 2.37. The van der Waals surface area contributed by atoms with Crippen LogP contribution in [0.2, 0.25) is 0 Å². The van der Waals surface area contributed by atoms with Gasteiger partial charge < -0.3 is 0 Å². The monoisotopic (exact) mass is 211 g/mol. The van der Waals surface area contributed by atoms with Gasteiger partial charge in [0.15, 0.2) is 0 Å². The Morgan fingerprint density at radius 2 is 2.07 bits per heavy atom. The second-order valence-electron chi connectivity index (χ2n) is 3.83. The zero-order valence-electron chi connectivity index (χ0n) is 7.81. The molecule has 2 N–H and O–H groups in total. The molecule has 0 bridgehead atoms. The van der Waals surface area contributed by atoms with Crippen molar-refractivity contribution in [1.82, 2.24) is 0 Å². The molecule has 0 heterocycles. The summed E-state index contributed by atoms with van der Waals surface area (Å²) in [4.78, 5) is 0. The lowest BCUT2D eigenvalue weighted by molar-refractivity contribution is 0.597. The van der Waals surface area contributed by atoms with Gasteiger partial charge in [-0.3, -0.25) is 0 Å². The standard InChI is InChI=1S/C10H13NO2S/c11-14(12,13)7-8-2-1-3-10(6-8)9-4-5-9/h1-3,6,9H,4-5,7H2,(H2,11,12,13). The Morgan fingerprint density at radius 3 is 2.64 bits per heavy atom. The molecule has 1 aliphatic rings. The van der Waals surface area contributed by atoms with Gasteiger partial charge in [0.05, 0.1) is 5.75 Å². The highest BCUT2D eigenvalue weighted by Crippen LogP contribution is 2.40. The molecule has 0 saturated heterocycles. The van der Waals surface area contributed by atoms with E-state index in [0.717, 1.165) is 5.56 Å². The number of primary sulfonamides is 1. The maximum Gasteiger partial charge on any atom is 0.213 e. The van der Waals surface area contributed by atoms with E-state index < -0.39 is 10.0 Å². The molecule has 0 aliphatic heterocycles. The summed E-state index contributed by atoms with van der Waals surface area (Å²) < 4.78 is 21.8. The average Bonchev–Trinajstić information content (AvgIpc) is 2.83. The van der Waals surface area contributed by atoms with E-state index >= 15 is 0 Å². The lowest BCUT2D eigenvalue weighted by Crippen LogP contribution is -2.14. The van der Waals surface area contributed by atoms with E-state index in [0.29, 0.717) is 5.92 Å². The van der Waals surface area contributed by atoms with Gasteiger partial charge in [0.25, 0.3) is 0 Å². The van der Waals surface area contributed by atoms with E-state index in [4.69, 9.17) is 5.14 Å². The molecule has 2 rings (SSSR count). The number of rotatable bonds is 3. The normalized spacial score (nSPS) is 16.9. The number of nitrogens with two attached hydrogens (primary N) is 1. The third-order valence-corrected chi connectivity index (χ3v) is 3.10. The first kappa shape index (κ1) is 9.68. The molecular weight excluding hydrogens is 198 g/mol. The average molecular weight is 211 g/mol. The summed E-state index contributed by atoms with van der Waals surface area (Å²) in [6, 6.07) is 7.69. The zero-order valence-corrected chi connectivity index (χ0v) is 8.63. The highest BCUT2D eigenvalue weighted by atomic mass is 32.2. The number of sulfonamides is 1. The second kappa shape index (κ2) is 3.37. The topological polar surface area (TPSA) is 60.2 Å². The minimum atomic E-state index is -3.40. The quantitative estimate of drug-likeness (QED) is 0.820. The van der Waals surface area contributed by atoms with Crippen LogP contribution in [0.5, 0.6) is 0 Å². The molecule has 1 saturated carbocycles. The van der Waals surface area contributed by atoms with Crippen LogP contribution in [0.4, 0.5) is 0 Å². The van der Waals surface area contributed by atoms with E-state index in [1.165, 1.54) is 18.4 Å². The summed E-state index contributed by atoms with van der Waals surface area (Å²) in [7, 11) is -3.40. The van der Waals surface area contributed by atoms with Crippen LogP contribution in [0.25, 0.3) is 0 Å². The fourth-order valence-electron chi connectivity index (χ4n) is 1.59. The van der Waals surface area contributed by atoms with Gasteiger partial charge in [0.1, 0.15) is 0 Å². The fourth-order valence-corrected chi connectivity index (χ4v) is 2.23. The molecule has 4 heteroatoms. The predicted molar refractivity (Wildman–Crippen MR) is 55.2 cm³/mol. The van der Waals surface area contributed by atoms with Gasteiger partial charge in [-0.15, -0.1) is 0 Å². The molecule has 1 aliphatic carbocycles. The molecule has 1 aromatic rings. The van der Waals surface area contributed by atoms with Crippen LogP contribution in [-0.4, -0.2) is 8.42 Å². The molecule has 14 heavy (non-hydrogen) atoms. The second-order valence-corrected chi connectivity index (χ2v) is 5.44. The van der Waals surface area contributed by atoms with E-state index in [9.17, 15) is 8.42 Å². The van der Waals surface area contributed by atoms with Crippen molar-refractivity contribution < 1.29 is 8.42 Å². The minimum Gasteiger partial charge on any atom is -0.228 e. The van der Waals surface area contributed by atoms with Gasteiger partial charge in [0.2, 0.25) is 10.0 Å². The largest absolute Gasteiger partial charge is 0.228 e. The Bertz CT molecular complexity index is 435. The van der Waals surface area contributed by atoms with Gasteiger partial charge in [-0.1, -0.05) is 24.3 Å². The smallest absolute Gasteiger partial charge is 0.213 e. The maximum absolute atomic E-state index is 10.9. The lowest BCUT2D eigenvalue weighted by atomic mass is 10.1.